The lowest BCUT2D eigenvalue weighted by molar-refractivity contribution is -0.121. The highest BCUT2D eigenvalue weighted by Crippen LogP contribution is 2.31. The molecule has 1 atom stereocenters. The third kappa shape index (κ3) is 8.08. The zero-order valence-electron chi connectivity index (χ0n) is 12.0. The van der Waals surface area contributed by atoms with Crippen molar-refractivity contribution in [3.63, 3.8) is 0 Å². The smallest absolute Gasteiger partial charge is 0.220 e. The quantitative estimate of drug-likeness (QED) is 0.651. The zero-order chi connectivity index (χ0) is 14.0. The number of hydrogen-bond acceptors (Lipinski definition) is 3. The minimum atomic E-state index is 0.0826. The average Bonchev–Trinajstić information content (AvgIpc) is 2.28. The summed E-state index contributed by atoms with van der Waals surface area (Å²) in [6, 6.07) is 2.06. The van der Waals surface area contributed by atoms with Gasteiger partial charge in [-0.1, -0.05) is 20.8 Å². The molecule has 0 spiro atoms. The molecule has 0 saturated carbocycles. The average molecular weight is 253 g/mol. The summed E-state index contributed by atoms with van der Waals surface area (Å²) in [6.07, 6.45) is 3.62. The van der Waals surface area contributed by atoms with E-state index in [1.807, 2.05) is 0 Å². The van der Waals surface area contributed by atoms with Crippen molar-refractivity contribution in [2.24, 2.45) is 17.1 Å². The predicted octanol–water partition coefficient (Wildman–Crippen LogP) is 2.20. The molecule has 0 aromatic heterocycles. The van der Waals surface area contributed by atoms with E-state index in [-0.39, 0.29) is 11.3 Å². The molecule has 3 N–H and O–H groups in total. The first-order valence-electron chi connectivity index (χ1n) is 6.75. The van der Waals surface area contributed by atoms with Crippen LogP contribution in [0.1, 0.15) is 52.9 Å². The number of nitrogens with one attached hydrogen (secondary N) is 1. The van der Waals surface area contributed by atoms with Crippen LogP contribution in [0.5, 0.6) is 0 Å². The highest BCUT2D eigenvalue weighted by atomic mass is 16.1. The van der Waals surface area contributed by atoms with Gasteiger partial charge in [0.1, 0.15) is 0 Å². The van der Waals surface area contributed by atoms with E-state index in [4.69, 9.17) is 11.0 Å². The van der Waals surface area contributed by atoms with Crippen molar-refractivity contribution < 1.29 is 4.79 Å². The van der Waals surface area contributed by atoms with E-state index in [2.05, 4.69) is 32.2 Å². The number of nitrogens with two attached hydrogens (primary N) is 1. The number of hydrogen-bond donors (Lipinski definition) is 2. The number of carbonyl (C=O) groups excluding carboxylic acids is 1. The minimum absolute atomic E-state index is 0.0826. The standard InChI is InChI=1S/C14H27N3O/c1-14(2,3)12(8-10-16)6-7-13(18)17-11-5-4-9-15/h12H,4-8,10-11,16H2,1-3H3,(H,17,18). The number of amides is 1. The maximum atomic E-state index is 11.6. The largest absolute Gasteiger partial charge is 0.356 e. The summed E-state index contributed by atoms with van der Waals surface area (Å²) >= 11 is 0. The van der Waals surface area contributed by atoms with E-state index < -0.39 is 0 Å². The summed E-state index contributed by atoms with van der Waals surface area (Å²) in [7, 11) is 0. The summed E-state index contributed by atoms with van der Waals surface area (Å²) in [4.78, 5) is 11.6. The highest BCUT2D eigenvalue weighted by Gasteiger charge is 2.24. The maximum Gasteiger partial charge on any atom is 0.220 e. The van der Waals surface area contributed by atoms with Gasteiger partial charge in [0.05, 0.1) is 6.07 Å². The lowest BCUT2D eigenvalue weighted by Gasteiger charge is -2.30. The third-order valence-electron chi connectivity index (χ3n) is 3.25. The van der Waals surface area contributed by atoms with Crippen LogP contribution in [0.15, 0.2) is 0 Å². The monoisotopic (exact) mass is 253 g/mol. The van der Waals surface area contributed by atoms with E-state index >= 15 is 0 Å². The molecule has 4 nitrogen and oxygen atoms in total. The van der Waals surface area contributed by atoms with Crippen LogP contribution >= 0.6 is 0 Å². The van der Waals surface area contributed by atoms with Gasteiger partial charge in [-0.25, -0.2) is 0 Å². The minimum Gasteiger partial charge on any atom is -0.356 e. The molecule has 1 unspecified atom stereocenters. The molecule has 0 rings (SSSR count). The second-order valence-electron chi connectivity index (χ2n) is 5.79. The van der Waals surface area contributed by atoms with E-state index in [9.17, 15) is 4.79 Å². The molecule has 0 heterocycles. The Kier molecular flexibility index (Phi) is 8.40. The molecule has 0 radical (unpaired) electrons. The van der Waals surface area contributed by atoms with Crippen LogP contribution in [-0.2, 0) is 4.79 Å². The summed E-state index contributed by atoms with van der Waals surface area (Å²) in [6.45, 7) is 7.85. The molecule has 0 aromatic rings. The Labute approximate surface area is 111 Å². The molecule has 0 fully saturated rings. The van der Waals surface area contributed by atoms with Gasteiger partial charge in [-0.15, -0.1) is 0 Å². The zero-order valence-corrected chi connectivity index (χ0v) is 12.0. The lowest BCUT2D eigenvalue weighted by Crippen LogP contribution is -2.28. The van der Waals surface area contributed by atoms with Gasteiger partial charge in [-0.05, 0) is 37.1 Å². The van der Waals surface area contributed by atoms with Gasteiger partial charge >= 0.3 is 0 Å². The normalized spacial score (nSPS) is 12.8. The van der Waals surface area contributed by atoms with E-state index in [0.29, 0.717) is 31.8 Å². The van der Waals surface area contributed by atoms with Gasteiger partial charge in [-0.3, -0.25) is 4.79 Å². The number of nitrogens with zero attached hydrogens (tertiary/aromatic N) is 1. The van der Waals surface area contributed by atoms with Crippen molar-refractivity contribution in [3.8, 4) is 6.07 Å². The molecule has 0 aromatic carbocycles. The Morgan fingerprint density at radius 1 is 1.39 bits per heavy atom. The van der Waals surface area contributed by atoms with Crippen molar-refractivity contribution in [1.82, 2.24) is 5.32 Å². The van der Waals surface area contributed by atoms with E-state index in [1.165, 1.54) is 0 Å². The van der Waals surface area contributed by atoms with Crippen LogP contribution in [0.25, 0.3) is 0 Å². The van der Waals surface area contributed by atoms with Crippen LogP contribution in [0, 0.1) is 22.7 Å². The van der Waals surface area contributed by atoms with Crippen molar-refractivity contribution in [2.45, 2.75) is 52.9 Å². The summed E-state index contributed by atoms with van der Waals surface area (Å²) < 4.78 is 0. The Balaban J connectivity index is 3.90. The van der Waals surface area contributed by atoms with Crippen LogP contribution in [0.3, 0.4) is 0 Å². The first-order chi connectivity index (χ1) is 8.41. The molecule has 1 amide bonds. The predicted molar refractivity (Wildman–Crippen MR) is 73.7 cm³/mol. The number of rotatable bonds is 8. The second kappa shape index (κ2) is 8.93. The Hall–Kier alpha value is -1.08. The maximum absolute atomic E-state index is 11.6. The van der Waals surface area contributed by atoms with E-state index in [1.54, 1.807) is 0 Å². The second-order valence-corrected chi connectivity index (χ2v) is 5.79. The molecule has 18 heavy (non-hydrogen) atoms. The van der Waals surface area contributed by atoms with Gasteiger partial charge in [0.2, 0.25) is 5.91 Å². The first kappa shape index (κ1) is 16.9. The highest BCUT2D eigenvalue weighted by molar-refractivity contribution is 5.75. The van der Waals surface area contributed by atoms with Crippen molar-refractivity contribution in [1.29, 1.82) is 5.26 Å². The molecule has 0 aliphatic carbocycles. The van der Waals surface area contributed by atoms with Crippen molar-refractivity contribution in [3.05, 3.63) is 0 Å². The Bertz CT molecular complexity index is 276. The van der Waals surface area contributed by atoms with Gasteiger partial charge < -0.3 is 11.1 Å². The molecular formula is C14H27N3O. The Morgan fingerprint density at radius 2 is 2.06 bits per heavy atom. The number of carbonyl (C=O) groups is 1. The van der Waals surface area contributed by atoms with Gasteiger partial charge in [0.25, 0.3) is 0 Å². The van der Waals surface area contributed by atoms with Crippen molar-refractivity contribution in [2.75, 3.05) is 13.1 Å². The van der Waals surface area contributed by atoms with Crippen molar-refractivity contribution >= 4 is 5.91 Å². The molecule has 104 valence electrons. The molecule has 0 bridgehead atoms. The van der Waals surface area contributed by atoms with Crippen LogP contribution in [-0.4, -0.2) is 19.0 Å². The molecule has 0 aliphatic heterocycles. The van der Waals surface area contributed by atoms with Crippen LogP contribution in [0.4, 0.5) is 0 Å². The van der Waals surface area contributed by atoms with Gasteiger partial charge in [0, 0.05) is 19.4 Å². The van der Waals surface area contributed by atoms with E-state index in [0.717, 1.165) is 19.3 Å². The van der Waals surface area contributed by atoms with Gasteiger partial charge in [0.15, 0.2) is 0 Å². The summed E-state index contributed by atoms with van der Waals surface area (Å²) in [5.74, 6) is 0.562. The topological polar surface area (TPSA) is 78.9 Å². The SMILES string of the molecule is CC(C)(C)C(CCN)CCC(=O)NCCCC#N. The molecule has 0 aliphatic rings. The van der Waals surface area contributed by atoms with Gasteiger partial charge in [-0.2, -0.15) is 5.26 Å². The fourth-order valence-electron chi connectivity index (χ4n) is 2.00. The van der Waals surface area contributed by atoms with Crippen LogP contribution in [0.2, 0.25) is 0 Å². The fourth-order valence-corrected chi connectivity index (χ4v) is 2.00. The summed E-state index contributed by atoms with van der Waals surface area (Å²) in [5, 5.41) is 11.2. The molecule has 4 heteroatoms. The Morgan fingerprint density at radius 3 is 2.56 bits per heavy atom. The fraction of sp³-hybridized carbons (Fsp3) is 0.857. The number of unbranched alkanes of at least 4 members (excludes halogenated alkanes) is 1. The first-order valence-corrected chi connectivity index (χ1v) is 6.75. The third-order valence-corrected chi connectivity index (χ3v) is 3.25. The molecule has 0 saturated heterocycles. The van der Waals surface area contributed by atoms with Crippen LogP contribution < -0.4 is 11.1 Å². The lowest BCUT2D eigenvalue weighted by atomic mass is 9.76. The number of nitriles is 1. The molecular weight excluding hydrogens is 226 g/mol. The summed E-state index contributed by atoms with van der Waals surface area (Å²) in [5.41, 5.74) is 5.81.